The van der Waals surface area contributed by atoms with Crippen LogP contribution in [0.2, 0.25) is 5.02 Å². The van der Waals surface area contributed by atoms with Crippen molar-refractivity contribution in [1.29, 1.82) is 0 Å². The molecule has 4 rings (SSSR count). The summed E-state index contributed by atoms with van der Waals surface area (Å²) in [5.41, 5.74) is 1.45. The van der Waals surface area contributed by atoms with E-state index in [1.807, 2.05) is 12.1 Å². The number of fused-ring (bicyclic) bond motifs is 1. The Labute approximate surface area is 171 Å². The monoisotopic (exact) mass is 400 g/mol. The first-order chi connectivity index (χ1) is 13.6. The predicted molar refractivity (Wildman–Crippen MR) is 113 cm³/mol. The smallest absolute Gasteiger partial charge is 0.191 e. The van der Waals surface area contributed by atoms with Crippen LogP contribution in [0.4, 0.5) is 0 Å². The van der Waals surface area contributed by atoms with Crippen LogP contribution in [0.25, 0.3) is 0 Å². The van der Waals surface area contributed by atoms with Gasteiger partial charge in [-0.25, -0.2) is 9.67 Å². The molecule has 2 heterocycles. The summed E-state index contributed by atoms with van der Waals surface area (Å²) < 4.78 is 2.05. The molecule has 1 saturated carbocycles. The fourth-order valence-electron chi connectivity index (χ4n) is 3.88. The first-order valence-electron chi connectivity index (χ1n) is 10.4. The van der Waals surface area contributed by atoms with Gasteiger partial charge in [-0.1, -0.05) is 30.7 Å². The topological polar surface area (TPSA) is 67.1 Å². The minimum atomic E-state index is 0.148. The number of nitrogens with zero attached hydrogens (tertiary/aromatic N) is 4. The van der Waals surface area contributed by atoms with E-state index in [0.717, 1.165) is 61.5 Å². The molecule has 0 saturated heterocycles. The first-order valence-corrected chi connectivity index (χ1v) is 10.7. The van der Waals surface area contributed by atoms with Crippen molar-refractivity contribution in [2.45, 2.75) is 64.0 Å². The molecule has 1 aromatic heterocycles. The Hall–Kier alpha value is -2.08. The van der Waals surface area contributed by atoms with Crippen molar-refractivity contribution in [1.82, 2.24) is 25.4 Å². The lowest BCUT2D eigenvalue weighted by molar-refractivity contribution is 0.392. The largest absolute Gasteiger partial charge is 0.357 e. The van der Waals surface area contributed by atoms with Gasteiger partial charge in [-0.15, -0.1) is 0 Å². The zero-order valence-electron chi connectivity index (χ0n) is 16.7. The summed E-state index contributed by atoms with van der Waals surface area (Å²) in [5, 5.41) is 12.4. The van der Waals surface area contributed by atoms with Gasteiger partial charge in [0.2, 0.25) is 0 Å². The van der Waals surface area contributed by atoms with Gasteiger partial charge in [0.1, 0.15) is 5.82 Å². The maximum absolute atomic E-state index is 6.20. The highest BCUT2D eigenvalue weighted by molar-refractivity contribution is 6.30. The number of aliphatic imine (C=N–C) groups is 1. The van der Waals surface area contributed by atoms with Gasteiger partial charge in [0.15, 0.2) is 11.8 Å². The molecule has 1 aliphatic heterocycles. The molecule has 2 N–H and O–H groups in total. The van der Waals surface area contributed by atoms with Crippen LogP contribution >= 0.6 is 11.6 Å². The maximum Gasteiger partial charge on any atom is 0.191 e. The van der Waals surface area contributed by atoms with Gasteiger partial charge < -0.3 is 10.6 Å². The molecule has 2 aromatic rings. The molecule has 1 atom stereocenters. The molecule has 1 aromatic carbocycles. The molecule has 6 nitrogen and oxygen atoms in total. The van der Waals surface area contributed by atoms with Crippen LogP contribution in [0.15, 0.2) is 29.3 Å². The van der Waals surface area contributed by atoms with Crippen LogP contribution in [-0.2, 0) is 24.8 Å². The first kappa shape index (κ1) is 19.2. The van der Waals surface area contributed by atoms with Crippen LogP contribution in [0.5, 0.6) is 0 Å². The predicted octanol–water partition coefficient (Wildman–Crippen LogP) is 3.10. The number of benzene rings is 1. The third kappa shape index (κ3) is 4.17. The summed E-state index contributed by atoms with van der Waals surface area (Å²) in [4.78, 5) is 9.54. The highest BCUT2D eigenvalue weighted by Crippen LogP contribution is 2.48. The van der Waals surface area contributed by atoms with Gasteiger partial charge >= 0.3 is 0 Å². The molecule has 0 bridgehead atoms. The van der Waals surface area contributed by atoms with Crippen LogP contribution in [0.1, 0.15) is 50.3 Å². The summed E-state index contributed by atoms with van der Waals surface area (Å²) >= 11 is 6.20. The second kappa shape index (κ2) is 8.11. The normalized spacial score (nSPS) is 20.5. The molecule has 1 unspecified atom stereocenters. The van der Waals surface area contributed by atoms with E-state index in [-0.39, 0.29) is 5.41 Å². The van der Waals surface area contributed by atoms with Crippen molar-refractivity contribution < 1.29 is 0 Å². The minimum Gasteiger partial charge on any atom is -0.357 e. The number of nitrogens with one attached hydrogen (secondary N) is 2. The lowest BCUT2D eigenvalue weighted by Gasteiger charge is -2.25. The quantitative estimate of drug-likeness (QED) is 0.577. The highest BCUT2D eigenvalue weighted by Gasteiger charge is 2.44. The van der Waals surface area contributed by atoms with E-state index < -0.39 is 0 Å². The van der Waals surface area contributed by atoms with Gasteiger partial charge in [0.25, 0.3) is 0 Å². The Morgan fingerprint density at radius 1 is 1.36 bits per heavy atom. The summed E-state index contributed by atoms with van der Waals surface area (Å²) in [7, 11) is 0. The number of aryl methyl sites for hydroxylation is 2. The molecule has 7 heteroatoms. The molecule has 0 radical (unpaired) electrons. The van der Waals surface area contributed by atoms with Gasteiger partial charge in [0, 0.05) is 35.9 Å². The fraction of sp³-hybridized carbons (Fsp3) is 0.571. The zero-order valence-corrected chi connectivity index (χ0v) is 17.5. The number of hydrogen-bond acceptors (Lipinski definition) is 3. The molecular weight excluding hydrogens is 372 g/mol. The standard InChI is InChI=1S/C21H29ClN6/c1-3-18-26-19-9-8-17(13-28(19)27-18)25-20(23-4-2)24-14-21(10-11-21)15-6-5-7-16(22)12-15/h5-7,12,17H,3-4,8-11,13-14H2,1-2H3,(H2,23,24,25). The summed E-state index contributed by atoms with van der Waals surface area (Å²) in [5.74, 6) is 2.93. The van der Waals surface area contributed by atoms with Crippen molar-refractivity contribution in [3.8, 4) is 0 Å². The Morgan fingerprint density at radius 3 is 2.93 bits per heavy atom. The minimum absolute atomic E-state index is 0.148. The number of rotatable bonds is 6. The second-order valence-electron chi connectivity index (χ2n) is 7.85. The number of guanidine groups is 1. The second-order valence-corrected chi connectivity index (χ2v) is 8.28. The van der Waals surface area contributed by atoms with E-state index in [0.29, 0.717) is 6.04 Å². The Bertz CT molecular complexity index is 854. The highest BCUT2D eigenvalue weighted by atomic mass is 35.5. The van der Waals surface area contributed by atoms with E-state index in [4.69, 9.17) is 16.6 Å². The molecular formula is C21H29ClN6. The van der Waals surface area contributed by atoms with E-state index in [9.17, 15) is 0 Å². The van der Waals surface area contributed by atoms with E-state index >= 15 is 0 Å². The zero-order chi connectivity index (χ0) is 19.6. The van der Waals surface area contributed by atoms with Gasteiger partial charge in [-0.3, -0.25) is 4.99 Å². The van der Waals surface area contributed by atoms with Crippen molar-refractivity contribution in [2.24, 2.45) is 4.99 Å². The molecule has 0 spiro atoms. The lowest BCUT2D eigenvalue weighted by atomic mass is 9.96. The summed E-state index contributed by atoms with van der Waals surface area (Å²) in [6, 6.07) is 8.55. The Kier molecular flexibility index (Phi) is 5.58. The van der Waals surface area contributed by atoms with E-state index in [1.165, 1.54) is 18.4 Å². The molecule has 1 fully saturated rings. The van der Waals surface area contributed by atoms with E-state index in [2.05, 4.69) is 51.4 Å². The third-order valence-corrected chi connectivity index (χ3v) is 5.97. The van der Waals surface area contributed by atoms with E-state index in [1.54, 1.807) is 0 Å². The van der Waals surface area contributed by atoms with Crippen molar-refractivity contribution in [3.05, 3.63) is 46.5 Å². The van der Waals surface area contributed by atoms with Crippen molar-refractivity contribution in [2.75, 3.05) is 13.1 Å². The van der Waals surface area contributed by atoms with Crippen molar-refractivity contribution >= 4 is 17.6 Å². The van der Waals surface area contributed by atoms with Crippen molar-refractivity contribution in [3.63, 3.8) is 0 Å². The van der Waals surface area contributed by atoms with Gasteiger partial charge in [0.05, 0.1) is 13.1 Å². The number of hydrogen-bond donors (Lipinski definition) is 2. The Balaban J connectivity index is 1.43. The number of aromatic nitrogens is 3. The SMILES string of the molecule is CCNC(=NCC1(c2cccc(Cl)c2)CC1)NC1CCc2nc(CC)nn2C1. The molecule has 150 valence electrons. The van der Waals surface area contributed by atoms with Gasteiger partial charge in [-0.2, -0.15) is 5.10 Å². The van der Waals surface area contributed by atoms with Crippen LogP contribution in [0.3, 0.4) is 0 Å². The fourth-order valence-corrected chi connectivity index (χ4v) is 4.07. The average Bonchev–Trinajstić information content (AvgIpc) is 3.38. The third-order valence-electron chi connectivity index (χ3n) is 5.73. The molecule has 1 aliphatic carbocycles. The van der Waals surface area contributed by atoms with Crippen LogP contribution in [-0.4, -0.2) is 39.9 Å². The molecule has 2 aliphatic rings. The van der Waals surface area contributed by atoms with Crippen LogP contribution < -0.4 is 10.6 Å². The van der Waals surface area contributed by atoms with Gasteiger partial charge in [-0.05, 0) is 43.9 Å². The summed E-state index contributed by atoms with van der Waals surface area (Å²) in [6.45, 7) is 6.67. The van der Waals surface area contributed by atoms with Crippen LogP contribution in [0, 0.1) is 0 Å². The molecule has 28 heavy (non-hydrogen) atoms. The molecule has 0 amide bonds. The summed E-state index contributed by atoms with van der Waals surface area (Å²) in [6.07, 6.45) is 5.22. The lowest BCUT2D eigenvalue weighted by Crippen LogP contribution is -2.47. The number of halogens is 1. The Morgan fingerprint density at radius 2 is 2.21 bits per heavy atom. The maximum atomic E-state index is 6.20. The average molecular weight is 401 g/mol.